The molecule has 0 bridgehead atoms. The van der Waals surface area contributed by atoms with Gasteiger partial charge in [-0.3, -0.25) is 0 Å². The van der Waals surface area contributed by atoms with Gasteiger partial charge in [-0.2, -0.15) is 4.98 Å². The second-order valence-corrected chi connectivity index (χ2v) is 5.94. The van der Waals surface area contributed by atoms with Crippen molar-refractivity contribution >= 4 is 23.2 Å². The maximum Gasteiger partial charge on any atom is 0.226 e. The SMILES string of the molecule is Clc1cc(Cl)cc(-c2noc(CCC3CCNC3)n2)c1. The van der Waals surface area contributed by atoms with Gasteiger partial charge in [-0.1, -0.05) is 28.4 Å². The Balaban J connectivity index is 1.69. The quantitative estimate of drug-likeness (QED) is 0.937. The van der Waals surface area contributed by atoms with Crippen LogP contribution >= 0.6 is 23.2 Å². The van der Waals surface area contributed by atoms with Crippen LogP contribution < -0.4 is 5.32 Å². The van der Waals surface area contributed by atoms with E-state index >= 15 is 0 Å². The minimum atomic E-state index is 0.536. The summed E-state index contributed by atoms with van der Waals surface area (Å²) >= 11 is 12.0. The Kier molecular flexibility index (Phi) is 4.24. The highest BCUT2D eigenvalue weighted by atomic mass is 35.5. The van der Waals surface area contributed by atoms with Crippen molar-refractivity contribution in [1.82, 2.24) is 15.5 Å². The van der Waals surface area contributed by atoms with Crippen molar-refractivity contribution < 1.29 is 4.52 Å². The van der Waals surface area contributed by atoms with Crippen LogP contribution in [0.3, 0.4) is 0 Å². The highest BCUT2D eigenvalue weighted by molar-refractivity contribution is 6.35. The van der Waals surface area contributed by atoms with E-state index in [2.05, 4.69) is 15.5 Å². The molecule has 1 aromatic carbocycles. The molecule has 1 unspecified atom stereocenters. The van der Waals surface area contributed by atoms with Crippen LogP contribution in [0.25, 0.3) is 11.4 Å². The number of rotatable bonds is 4. The molecule has 0 saturated carbocycles. The number of aryl methyl sites for hydroxylation is 1. The molecule has 1 aliphatic rings. The van der Waals surface area contributed by atoms with Gasteiger partial charge in [-0.25, -0.2) is 0 Å². The van der Waals surface area contributed by atoms with Gasteiger partial charge in [0.25, 0.3) is 0 Å². The van der Waals surface area contributed by atoms with Crippen LogP contribution in [-0.2, 0) is 6.42 Å². The smallest absolute Gasteiger partial charge is 0.226 e. The van der Waals surface area contributed by atoms with Gasteiger partial charge >= 0.3 is 0 Å². The molecular formula is C14H15Cl2N3O. The monoisotopic (exact) mass is 311 g/mol. The third-order valence-corrected chi connectivity index (χ3v) is 3.95. The van der Waals surface area contributed by atoms with Gasteiger partial charge in [-0.15, -0.1) is 0 Å². The second-order valence-electron chi connectivity index (χ2n) is 5.07. The van der Waals surface area contributed by atoms with Crippen molar-refractivity contribution in [2.75, 3.05) is 13.1 Å². The maximum absolute atomic E-state index is 5.98. The highest BCUT2D eigenvalue weighted by Crippen LogP contribution is 2.25. The molecule has 106 valence electrons. The third kappa shape index (κ3) is 3.32. The highest BCUT2D eigenvalue weighted by Gasteiger charge is 2.16. The van der Waals surface area contributed by atoms with E-state index in [4.69, 9.17) is 27.7 Å². The zero-order chi connectivity index (χ0) is 13.9. The van der Waals surface area contributed by atoms with E-state index in [0.717, 1.165) is 31.5 Å². The zero-order valence-electron chi connectivity index (χ0n) is 10.9. The molecule has 20 heavy (non-hydrogen) atoms. The molecule has 0 aliphatic carbocycles. The Bertz CT molecular complexity index is 574. The lowest BCUT2D eigenvalue weighted by Gasteiger charge is -2.03. The Labute approximate surface area is 127 Å². The fraction of sp³-hybridized carbons (Fsp3) is 0.429. The molecule has 2 heterocycles. The van der Waals surface area contributed by atoms with Crippen molar-refractivity contribution in [2.45, 2.75) is 19.3 Å². The van der Waals surface area contributed by atoms with Crippen molar-refractivity contribution in [1.29, 1.82) is 0 Å². The van der Waals surface area contributed by atoms with Crippen LogP contribution in [0, 0.1) is 5.92 Å². The minimum Gasteiger partial charge on any atom is -0.339 e. The minimum absolute atomic E-state index is 0.536. The first-order chi connectivity index (χ1) is 9.70. The average molecular weight is 312 g/mol. The Morgan fingerprint density at radius 3 is 2.75 bits per heavy atom. The molecule has 1 aliphatic heterocycles. The Morgan fingerprint density at radius 2 is 2.05 bits per heavy atom. The van der Waals surface area contributed by atoms with Crippen molar-refractivity contribution in [3.05, 3.63) is 34.1 Å². The second kappa shape index (κ2) is 6.12. The summed E-state index contributed by atoms with van der Waals surface area (Å²) in [5.41, 5.74) is 0.778. The molecular weight excluding hydrogens is 297 g/mol. The normalized spacial score (nSPS) is 18.6. The number of hydrogen-bond donors (Lipinski definition) is 1. The zero-order valence-corrected chi connectivity index (χ0v) is 12.4. The molecule has 0 radical (unpaired) electrons. The molecule has 0 spiro atoms. The van der Waals surface area contributed by atoms with Gasteiger partial charge in [0.1, 0.15) is 0 Å². The van der Waals surface area contributed by atoms with E-state index in [1.165, 1.54) is 6.42 Å². The van der Waals surface area contributed by atoms with Crippen molar-refractivity contribution in [3.63, 3.8) is 0 Å². The molecule has 1 saturated heterocycles. The first-order valence-electron chi connectivity index (χ1n) is 6.70. The fourth-order valence-corrected chi connectivity index (χ4v) is 2.97. The van der Waals surface area contributed by atoms with Crippen LogP contribution in [0.2, 0.25) is 10.0 Å². The number of nitrogens with one attached hydrogen (secondary N) is 1. The van der Waals surface area contributed by atoms with Crippen molar-refractivity contribution in [2.24, 2.45) is 5.92 Å². The van der Waals surface area contributed by atoms with Gasteiger partial charge in [0.05, 0.1) is 0 Å². The maximum atomic E-state index is 5.98. The molecule has 4 nitrogen and oxygen atoms in total. The van der Waals surface area contributed by atoms with Gasteiger partial charge < -0.3 is 9.84 Å². The molecule has 1 atom stereocenters. The van der Waals surface area contributed by atoms with Crippen molar-refractivity contribution in [3.8, 4) is 11.4 Å². The number of nitrogens with zero attached hydrogens (tertiary/aromatic N) is 2. The fourth-order valence-electron chi connectivity index (χ4n) is 2.45. The average Bonchev–Trinajstić information content (AvgIpc) is 3.07. The summed E-state index contributed by atoms with van der Waals surface area (Å²) in [5, 5.41) is 8.48. The van der Waals surface area contributed by atoms with E-state index in [0.29, 0.717) is 27.7 Å². The van der Waals surface area contributed by atoms with Crippen LogP contribution in [0.15, 0.2) is 22.7 Å². The lowest BCUT2D eigenvalue weighted by Crippen LogP contribution is -2.09. The van der Waals surface area contributed by atoms with E-state index in [9.17, 15) is 0 Å². The molecule has 2 aromatic rings. The number of benzene rings is 1. The first-order valence-corrected chi connectivity index (χ1v) is 7.46. The van der Waals surface area contributed by atoms with Crippen LogP contribution in [0.1, 0.15) is 18.7 Å². The predicted molar refractivity (Wildman–Crippen MR) is 79.1 cm³/mol. The number of aromatic nitrogens is 2. The summed E-state index contributed by atoms with van der Waals surface area (Å²) < 4.78 is 5.29. The Hall–Kier alpha value is -1.10. The molecule has 6 heteroatoms. The Morgan fingerprint density at radius 1 is 1.25 bits per heavy atom. The number of hydrogen-bond acceptors (Lipinski definition) is 4. The summed E-state index contributed by atoms with van der Waals surface area (Å²) in [6, 6.07) is 5.24. The molecule has 3 rings (SSSR count). The topological polar surface area (TPSA) is 51.0 Å². The lowest BCUT2D eigenvalue weighted by atomic mass is 10.0. The number of halogens is 2. The van der Waals surface area contributed by atoms with Crippen LogP contribution in [0.4, 0.5) is 0 Å². The largest absolute Gasteiger partial charge is 0.339 e. The summed E-state index contributed by atoms with van der Waals surface area (Å²) in [6.45, 7) is 2.20. The third-order valence-electron chi connectivity index (χ3n) is 3.52. The van der Waals surface area contributed by atoms with Crippen LogP contribution in [0.5, 0.6) is 0 Å². The van der Waals surface area contributed by atoms with E-state index in [1.54, 1.807) is 18.2 Å². The lowest BCUT2D eigenvalue weighted by molar-refractivity contribution is 0.365. The molecule has 1 N–H and O–H groups in total. The van der Waals surface area contributed by atoms with Gasteiger partial charge in [-0.05, 0) is 50.0 Å². The van der Waals surface area contributed by atoms with Gasteiger partial charge in [0, 0.05) is 22.0 Å². The summed E-state index contributed by atoms with van der Waals surface area (Å²) in [6.07, 6.45) is 3.11. The van der Waals surface area contributed by atoms with Gasteiger partial charge in [0.2, 0.25) is 11.7 Å². The van der Waals surface area contributed by atoms with E-state index < -0.39 is 0 Å². The van der Waals surface area contributed by atoms with E-state index in [-0.39, 0.29) is 0 Å². The summed E-state index contributed by atoms with van der Waals surface area (Å²) in [5.74, 6) is 1.92. The standard InChI is InChI=1S/C14H15Cl2N3O/c15-11-5-10(6-12(16)7-11)14-18-13(20-19-14)2-1-9-3-4-17-8-9/h5-7,9,17H,1-4,8H2. The molecule has 1 aromatic heterocycles. The summed E-state index contributed by atoms with van der Waals surface area (Å²) in [7, 11) is 0. The van der Waals surface area contributed by atoms with E-state index in [1.807, 2.05) is 0 Å². The molecule has 0 amide bonds. The first kappa shape index (κ1) is 13.9. The predicted octanol–water partition coefficient (Wildman–Crippen LogP) is 3.59. The summed E-state index contributed by atoms with van der Waals surface area (Å²) in [4.78, 5) is 4.41. The van der Waals surface area contributed by atoms with Crippen LogP contribution in [-0.4, -0.2) is 23.2 Å². The molecule has 1 fully saturated rings. The van der Waals surface area contributed by atoms with Gasteiger partial charge in [0.15, 0.2) is 0 Å².